The van der Waals surface area contributed by atoms with Gasteiger partial charge in [-0.25, -0.2) is 9.78 Å². The summed E-state index contributed by atoms with van der Waals surface area (Å²) in [6.45, 7) is 4.46. The molecule has 0 saturated heterocycles. The van der Waals surface area contributed by atoms with E-state index in [1.807, 2.05) is 12.1 Å². The van der Waals surface area contributed by atoms with E-state index in [0.29, 0.717) is 6.04 Å². The summed E-state index contributed by atoms with van der Waals surface area (Å²) in [5.74, 6) is -0.990. The molecular weight excluding hydrogens is 204 g/mol. The topological polar surface area (TPSA) is 53.4 Å². The first kappa shape index (κ1) is 10.7. The zero-order chi connectivity index (χ0) is 11.5. The maximum atomic E-state index is 10.8. The largest absolute Gasteiger partial charge is 0.477 e. The fourth-order valence-electron chi connectivity index (χ4n) is 1.71. The molecule has 2 rings (SSSR count). The van der Waals surface area contributed by atoms with Crippen LogP contribution < -0.4 is 4.90 Å². The number of aromatic carboxylic acids is 1. The van der Waals surface area contributed by atoms with Crippen molar-refractivity contribution in [1.29, 1.82) is 0 Å². The smallest absolute Gasteiger partial charge is 0.354 e. The van der Waals surface area contributed by atoms with Crippen LogP contribution in [-0.4, -0.2) is 28.6 Å². The van der Waals surface area contributed by atoms with Crippen LogP contribution >= 0.6 is 0 Å². The summed E-state index contributed by atoms with van der Waals surface area (Å²) in [6, 6.07) is 3.99. The highest BCUT2D eigenvalue weighted by Gasteiger charge is 2.28. The number of carboxylic acid groups (broad SMARTS) is 1. The van der Waals surface area contributed by atoms with Crippen molar-refractivity contribution in [3.8, 4) is 0 Å². The van der Waals surface area contributed by atoms with Crippen LogP contribution in [0.1, 0.15) is 23.3 Å². The molecule has 1 heterocycles. The van der Waals surface area contributed by atoms with Crippen LogP contribution in [0, 0.1) is 0 Å². The Labute approximate surface area is 94.2 Å². The van der Waals surface area contributed by atoms with Gasteiger partial charge in [0.15, 0.2) is 0 Å². The third kappa shape index (κ3) is 2.21. The molecule has 0 spiro atoms. The highest BCUT2D eigenvalue weighted by Crippen LogP contribution is 2.31. The van der Waals surface area contributed by atoms with Crippen molar-refractivity contribution in [1.82, 2.24) is 4.98 Å². The number of anilines is 1. The van der Waals surface area contributed by atoms with Crippen LogP contribution in [0.2, 0.25) is 0 Å². The number of aromatic nitrogens is 1. The van der Waals surface area contributed by atoms with Gasteiger partial charge in [-0.05, 0) is 25.0 Å². The molecule has 1 aromatic rings. The second-order valence-electron chi connectivity index (χ2n) is 3.88. The van der Waals surface area contributed by atoms with Crippen molar-refractivity contribution in [2.24, 2.45) is 0 Å². The molecule has 0 atom stereocenters. The van der Waals surface area contributed by atoms with Crippen molar-refractivity contribution in [2.45, 2.75) is 18.9 Å². The molecule has 0 bridgehead atoms. The van der Waals surface area contributed by atoms with E-state index in [9.17, 15) is 4.79 Å². The monoisotopic (exact) mass is 218 g/mol. The minimum atomic E-state index is -0.990. The average Bonchev–Trinajstić information content (AvgIpc) is 3.10. The Hall–Kier alpha value is -1.84. The van der Waals surface area contributed by atoms with Gasteiger partial charge in [-0.3, -0.25) is 0 Å². The van der Waals surface area contributed by atoms with E-state index in [4.69, 9.17) is 5.11 Å². The SMILES string of the molecule is C=CCN(c1ccnc(C(=O)O)c1)C1CC1. The maximum absolute atomic E-state index is 10.8. The predicted octanol–water partition coefficient (Wildman–Crippen LogP) is 1.93. The molecule has 4 heteroatoms. The highest BCUT2D eigenvalue weighted by atomic mass is 16.4. The molecule has 1 saturated carbocycles. The van der Waals surface area contributed by atoms with Crippen molar-refractivity contribution >= 4 is 11.7 Å². The first-order valence-corrected chi connectivity index (χ1v) is 5.29. The number of carbonyl (C=O) groups is 1. The first-order valence-electron chi connectivity index (χ1n) is 5.29. The van der Waals surface area contributed by atoms with Crippen LogP contribution in [0.5, 0.6) is 0 Å². The van der Waals surface area contributed by atoms with Crippen LogP contribution in [0.4, 0.5) is 5.69 Å². The molecule has 1 aliphatic carbocycles. The van der Waals surface area contributed by atoms with Gasteiger partial charge < -0.3 is 10.0 Å². The van der Waals surface area contributed by atoms with Gasteiger partial charge >= 0.3 is 5.97 Å². The number of pyridine rings is 1. The quantitative estimate of drug-likeness (QED) is 0.767. The van der Waals surface area contributed by atoms with Crippen molar-refractivity contribution < 1.29 is 9.90 Å². The zero-order valence-corrected chi connectivity index (χ0v) is 8.97. The number of nitrogens with zero attached hydrogens (tertiary/aromatic N) is 2. The molecule has 1 aromatic heterocycles. The van der Waals surface area contributed by atoms with Crippen molar-refractivity contribution in [3.05, 3.63) is 36.7 Å². The fraction of sp³-hybridized carbons (Fsp3) is 0.333. The molecule has 16 heavy (non-hydrogen) atoms. The Morgan fingerprint density at radius 1 is 1.69 bits per heavy atom. The predicted molar refractivity (Wildman–Crippen MR) is 61.8 cm³/mol. The van der Waals surface area contributed by atoms with Crippen LogP contribution in [-0.2, 0) is 0 Å². The van der Waals surface area contributed by atoms with Gasteiger partial charge in [0, 0.05) is 24.5 Å². The molecule has 0 radical (unpaired) electrons. The molecular formula is C12H14N2O2. The number of hydrogen-bond acceptors (Lipinski definition) is 3. The molecule has 4 nitrogen and oxygen atoms in total. The van der Waals surface area contributed by atoms with Gasteiger partial charge in [-0.1, -0.05) is 6.08 Å². The van der Waals surface area contributed by atoms with Gasteiger partial charge in [0.1, 0.15) is 5.69 Å². The third-order valence-corrected chi connectivity index (χ3v) is 2.61. The van der Waals surface area contributed by atoms with E-state index in [1.54, 1.807) is 6.07 Å². The van der Waals surface area contributed by atoms with Gasteiger partial charge in [-0.15, -0.1) is 6.58 Å². The normalized spacial score (nSPS) is 14.5. The lowest BCUT2D eigenvalue weighted by Gasteiger charge is -2.22. The molecule has 1 aliphatic rings. The van der Waals surface area contributed by atoms with E-state index < -0.39 is 5.97 Å². The summed E-state index contributed by atoms with van der Waals surface area (Å²) in [6.07, 6.45) is 5.70. The highest BCUT2D eigenvalue weighted by molar-refractivity contribution is 5.86. The molecule has 1 fully saturated rings. The van der Waals surface area contributed by atoms with Gasteiger partial charge in [-0.2, -0.15) is 0 Å². The Balaban J connectivity index is 2.25. The van der Waals surface area contributed by atoms with Crippen molar-refractivity contribution in [2.75, 3.05) is 11.4 Å². The third-order valence-electron chi connectivity index (χ3n) is 2.61. The summed E-state index contributed by atoms with van der Waals surface area (Å²) in [4.78, 5) is 16.8. The molecule has 84 valence electrons. The Morgan fingerprint density at radius 2 is 2.44 bits per heavy atom. The summed E-state index contributed by atoms with van der Waals surface area (Å²) < 4.78 is 0. The summed E-state index contributed by atoms with van der Waals surface area (Å²) in [5.41, 5.74) is 1.00. The average molecular weight is 218 g/mol. The number of hydrogen-bond donors (Lipinski definition) is 1. The van der Waals surface area contributed by atoms with Crippen LogP contribution in [0.25, 0.3) is 0 Å². The lowest BCUT2D eigenvalue weighted by atomic mass is 10.2. The summed E-state index contributed by atoms with van der Waals surface area (Å²) in [5, 5.41) is 8.87. The van der Waals surface area contributed by atoms with Crippen molar-refractivity contribution in [3.63, 3.8) is 0 Å². The Morgan fingerprint density at radius 3 is 3.00 bits per heavy atom. The van der Waals surface area contributed by atoms with Gasteiger partial charge in [0.2, 0.25) is 0 Å². The Kier molecular flexibility index (Phi) is 2.90. The van der Waals surface area contributed by atoms with Gasteiger partial charge in [0.25, 0.3) is 0 Å². The van der Waals surface area contributed by atoms with E-state index in [2.05, 4.69) is 16.5 Å². The van der Waals surface area contributed by atoms with Gasteiger partial charge in [0.05, 0.1) is 0 Å². The summed E-state index contributed by atoms with van der Waals surface area (Å²) in [7, 11) is 0. The minimum Gasteiger partial charge on any atom is -0.477 e. The molecule has 0 unspecified atom stereocenters. The second-order valence-corrected chi connectivity index (χ2v) is 3.88. The second kappa shape index (κ2) is 4.35. The van der Waals surface area contributed by atoms with E-state index >= 15 is 0 Å². The molecule has 0 amide bonds. The lowest BCUT2D eigenvalue weighted by molar-refractivity contribution is 0.0690. The van der Waals surface area contributed by atoms with E-state index in [-0.39, 0.29) is 5.69 Å². The summed E-state index contributed by atoms with van der Waals surface area (Å²) >= 11 is 0. The van der Waals surface area contributed by atoms with Crippen LogP contribution in [0.3, 0.4) is 0 Å². The Bertz CT molecular complexity index is 413. The minimum absolute atomic E-state index is 0.0900. The zero-order valence-electron chi connectivity index (χ0n) is 8.97. The maximum Gasteiger partial charge on any atom is 0.354 e. The van der Waals surface area contributed by atoms with E-state index in [1.165, 1.54) is 19.0 Å². The molecule has 1 N–H and O–H groups in total. The fourth-order valence-corrected chi connectivity index (χ4v) is 1.71. The first-order chi connectivity index (χ1) is 7.72. The number of rotatable bonds is 5. The number of carboxylic acids is 1. The standard InChI is InChI=1S/C12H14N2O2/c1-2-7-14(9-3-4-9)10-5-6-13-11(8-10)12(15)16/h2,5-6,8-9H,1,3-4,7H2,(H,15,16). The van der Waals surface area contributed by atoms with Crippen LogP contribution in [0.15, 0.2) is 31.0 Å². The van der Waals surface area contributed by atoms with E-state index in [0.717, 1.165) is 12.2 Å². The lowest BCUT2D eigenvalue weighted by Crippen LogP contribution is -2.25. The molecule has 0 aromatic carbocycles. The molecule has 0 aliphatic heterocycles.